The Morgan fingerprint density at radius 1 is 1.23 bits per heavy atom. The molecule has 1 aromatic heterocycles. The molecule has 6 nitrogen and oxygen atoms in total. The van der Waals surface area contributed by atoms with Gasteiger partial charge in [-0.1, -0.05) is 18.2 Å². The van der Waals surface area contributed by atoms with Gasteiger partial charge in [0.1, 0.15) is 23.3 Å². The molecule has 1 amide bonds. The lowest BCUT2D eigenvalue weighted by Crippen LogP contribution is -2.56. The van der Waals surface area contributed by atoms with Crippen LogP contribution in [0.1, 0.15) is 46.5 Å². The van der Waals surface area contributed by atoms with Crippen LogP contribution in [0.2, 0.25) is 0 Å². The monoisotopic (exact) mass is 358 g/mol. The number of hydrogen-bond donors (Lipinski definition) is 1. The van der Waals surface area contributed by atoms with Crippen molar-refractivity contribution in [2.75, 3.05) is 13.2 Å². The molecule has 1 atom stereocenters. The van der Waals surface area contributed by atoms with Crippen LogP contribution < -0.4 is 0 Å². The summed E-state index contributed by atoms with van der Waals surface area (Å²) >= 11 is 0. The topological polar surface area (TPSA) is 79.7 Å². The summed E-state index contributed by atoms with van der Waals surface area (Å²) in [6.07, 6.45) is -0.467. The number of carbonyl (C=O) groups excluding carboxylic acids is 1. The van der Waals surface area contributed by atoms with E-state index in [-0.39, 0.29) is 36.3 Å². The highest BCUT2D eigenvalue weighted by molar-refractivity contribution is 5.94. The van der Waals surface area contributed by atoms with E-state index >= 15 is 0 Å². The zero-order valence-electron chi connectivity index (χ0n) is 14.5. The van der Waals surface area contributed by atoms with Gasteiger partial charge in [0.2, 0.25) is 0 Å². The van der Waals surface area contributed by atoms with Crippen LogP contribution >= 0.6 is 0 Å². The molecule has 1 aliphatic heterocycles. The largest absolute Gasteiger partial charge is 0.477 e. The highest BCUT2D eigenvalue weighted by Crippen LogP contribution is 2.31. The molecule has 0 radical (unpaired) electrons. The van der Waals surface area contributed by atoms with Crippen molar-refractivity contribution < 1.29 is 23.8 Å². The Morgan fingerprint density at radius 3 is 2.62 bits per heavy atom. The van der Waals surface area contributed by atoms with Gasteiger partial charge in [-0.2, -0.15) is 0 Å². The van der Waals surface area contributed by atoms with E-state index in [9.17, 15) is 14.0 Å². The molecule has 1 aromatic carbocycles. The molecule has 0 bridgehead atoms. The molecule has 1 aliphatic rings. The summed E-state index contributed by atoms with van der Waals surface area (Å²) in [6, 6.07) is 10.4. The molecule has 1 fully saturated rings. The number of carbonyl (C=O) groups is 2. The van der Waals surface area contributed by atoms with Crippen LogP contribution in [0.5, 0.6) is 0 Å². The van der Waals surface area contributed by atoms with Crippen LogP contribution in [0.25, 0.3) is 0 Å². The van der Waals surface area contributed by atoms with Crippen LogP contribution in [-0.4, -0.2) is 45.6 Å². The number of ether oxygens (including phenoxy) is 1. The molecule has 0 spiro atoms. The van der Waals surface area contributed by atoms with Crippen molar-refractivity contribution in [3.8, 4) is 0 Å². The summed E-state index contributed by atoms with van der Waals surface area (Å²) < 4.78 is 19.4. The number of pyridine rings is 1. The molecule has 3 rings (SSSR count). The van der Waals surface area contributed by atoms with Crippen molar-refractivity contribution in [2.24, 2.45) is 0 Å². The third-order valence-electron chi connectivity index (χ3n) is 4.37. The average molecular weight is 358 g/mol. The minimum Gasteiger partial charge on any atom is -0.477 e. The lowest BCUT2D eigenvalue weighted by molar-refractivity contribution is -0.0849. The van der Waals surface area contributed by atoms with Gasteiger partial charge in [0, 0.05) is 0 Å². The maximum absolute atomic E-state index is 13.5. The lowest BCUT2D eigenvalue weighted by Gasteiger charge is -2.45. The lowest BCUT2D eigenvalue weighted by atomic mass is 9.97. The number of halogens is 1. The molecule has 0 aliphatic carbocycles. The van der Waals surface area contributed by atoms with E-state index in [1.165, 1.54) is 30.3 Å². The van der Waals surface area contributed by atoms with Crippen LogP contribution in [0.3, 0.4) is 0 Å². The van der Waals surface area contributed by atoms with E-state index < -0.39 is 17.6 Å². The average Bonchev–Trinajstić information content (AvgIpc) is 2.61. The van der Waals surface area contributed by atoms with Gasteiger partial charge in [0.05, 0.1) is 18.7 Å². The maximum atomic E-state index is 13.5. The van der Waals surface area contributed by atoms with E-state index in [0.29, 0.717) is 5.56 Å². The Balaban J connectivity index is 1.89. The number of hydrogen-bond acceptors (Lipinski definition) is 4. The summed E-state index contributed by atoms with van der Waals surface area (Å²) in [6.45, 7) is 4.19. The molecule has 2 aromatic rings. The molecule has 26 heavy (non-hydrogen) atoms. The second-order valence-electron chi connectivity index (χ2n) is 6.80. The number of morpholine rings is 1. The quantitative estimate of drug-likeness (QED) is 0.913. The van der Waals surface area contributed by atoms with Gasteiger partial charge in [-0.15, -0.1) is 0 Å². The van der Waals surface area contributed by atoms with Gasteiger partial charge in [-0.3, -0.25) is 4.79 Å². The van der Waals surface area contributed by atoms with Gasteiger partial charge < -0.3 is 14.7 Å². The summed E-state index contributed by atoms with van der Waals surface area (Å²) in [7, 11) is 0. The van der Waals surface area contributed by atoms with Crippen LogP contribution in [0.15, 0.2) is 42.5 Å². The number of carboxylic acid groups (broad SMARTS) is 1. The molecule has 1 saturated heterocycles. The first-order valence-electron chi connectivity index (χ1n) is 8.17. The first-order chi connectivity index (χ1) is 12.3. The molecular formula is C19H19FN2O4. The number of rotatable bonds is 3. The molecular weight excluding hydrogens is 339 g/mol. The molecule has 7 heteroatoms. The standard InChI is InChI=1S/C19H19FN2O4/c1-19(2)11-26-16(12-5-3-6-13(20)9-12)10-22(19)17(23)14-7-4-8-15(21-14)18(24)25/h3-9,16H,10-11H2,1-2H3,(H,24,25). The summed E-state index contributed by atoms with van der Waals surface area (Å²) in [5.74, 6) is -1.95. The Bertz CT molecular complexity index is 853. The van der Waals surface area contributed by atoms with Gasteiger partial charge >= 0.3 is 5.97 Å². The minimum absolute atomic E-state index is 0.0536. The minimum atomic E-state index is -1.20. The fraction of sp³-hybridized carbons (Fsp3) is 0.316. The smallest absolute Gasteiger partial charge is 0.354 e. The first-order valence-corrected chi connectivity index (χ1v) is 8.17. The maximum Gasteiger partial charge on any atom is 0.354 e. The Hall–Kier alpha value is -2.80. The zero-order valence-corrected chi connectivity index (χ0v) is 14.5. The van der Waals surface area contributed by atoms with Gasteiger partial charge in [-0.05, 0) is 43.7 Å². The number of carboxylic acids is 1. The van der Waals surface area contributed by atoms with E-state index in [0.717, 1.165) is 0 Å². The molecule has 1 N–H and O–H groups in total. The van der Waals surface area contributed by atoms with E-state index in [2.05, 4.69) is 4.98 Å². The van der Waals surface area contributed by atoms with Gasteiger partial charge in [0.15, 0.2) is 0 Å². The van der Waals surface area contributed by atoms with Crippen molar-refractivity contribution in [1.29, 1.82) is 0 Å². The van der Waals surface area contributed by atoms with Crippen LogP contribution in [0.4, 0.5) is 4.39 Å². The SMILES string of the molecule is CC1(C)COC(c2cccc(F)c2)CN1C(=O)c1cccc(C(=O)O)n1. The highest BCUT2D eigenvalue weighted by Gasteiger charge is 2.39. The van der Waals surface area contributed by atoms with E-state index in [1.54, 1.807) is 17.0 Å². The number of amides is 1. The Morgan fingerprint density at radius 2 is 1.92 bits per heavy atom. The molecule has 136 valence electrons. The third-order valence-corrected chi connectivity index (χ3v) is 4.37. The summed E-state index contributed by atoms with van der Waals surface area (Å²) in [5, 5.41) is 9.08. The number of aromatic carboxylic acids is 1. The summed E-state index contributed by atoms with van der Waals surface area (Å²) in [4.78, 5) is 29.6. The zero-order chi connectivity index (χ0) is 18.9. The van der Waals surface area contributed by atoms with Crippen molar-refractivity contribution in [1.82, 2.24) is 9.88 Å². The predicted molar refractivity (Wildman–Crippen MR) is 91.4 cm³/mol. The van der Waals surface area contributed by atoms with Crippen molar-refractivity contribution in [3.05, 3.63) is 65.2 Å². The van der Waals surface area contributed by atoms with Gasteiger partial charge in [0.25, 0.3) is 5.91 Å². The fourth-order valence-corrected chi connectivity index (χ4v) is 2.93. The number of nitrogens with zero attached hydrogens (tertiary/aromatic N) is 2. The normalized spacial score (nSPS) is 19.2. The van der Waals surface area contributed by atoms with Crippen LogP contribution in [0, 0.1) is 5.82 Å². The van der Waals surface area contributed by atoms with Crippen molar-refractivity contribution >= 4 is 11.9 Å². The Kier molecular flexibility index (Phi) is 4.73. The molecule has 2 heterocycles. The number of benzene rings is 1. The third kappa shape index (κ3) is 3.57. The predicted octanol–water partition coefficient (Wildman–Crippen LogP) is 2.91. The molecule has 1 unspecified atom stereocenters. The van der Waals surface area contributed by atoms with Crippen molar-refractivity contribution in [3.63, 3.8) is 0 Å². The van der Waals surface area contributed by atoms with Crippen molar-refractivity contribution in [2.45, 2.75) is 25.5 Å². The second-order valence-corrected chi connectivity index (χ2v) is 6.80. The van der Waals surface area contributed by atoms with E-state index in [1.807, 2.05) is 13.8 Å². The fourth-order valence-electron chi connectivity index (χ4n) is 2.93. The van der Waals surface area contributed by atoms with Crippen LogP contribution in [-0.2, 0) is 4.74 Å². The molecule has 0 saturated carbocycles. The highest BCUT2D eigenvalue weighted by atomic mass is 19.1. The second kappa shape index (κ2) is 6.84. The number of aromatic nitrogens is 1. The summed E-state index contributed by atoms with van der Waals surface area (Å²) in [5.41, 5.74) is -0.103. The first kappa shape index (κ1) is 18.0. The van der Waals surface area contributed by atoms with Gasteiger partial charge in [-0.25, -0.2) is 14.2 Å². The Labute approximate surface area is 150 Å². The van der Waals surface area contributed by atoms with E-state index in [4.69, 9.17) is 9.84 Å².